The number of nitrogens with one attached hydrogen (secondary N) is 2. The molecule has 0 radical (unpaired) electrons. The van der Waals surface area contributed by atoms with Crippen molar-refractivity contribution in [3.8, 4) is 5.75 Å². The van der Waals surface area contributed by atoms with Gasteiger partial charge < -0.3 is 19.9 Å². The van der Waals surface area contributed by atoms with Crippen molar-refractivity contribution in [1.82, 2.24) is 20.8 Å². The molecule has 7 nitrogen and oxygen atoms in total. The van der Waals surface area contributed by atoms with Crippen LogP contribution in [0.15, 0.2) is 33.8 Å². The van der Waals surface area contributed by atoms with E-state index >= 15 is 0 Å². The average molecular weight is 522 g/mol. The molecule has 2 rings (SSSR count). The highest BCUT2D eigenvalue weighted by molar-refractivity contribution is 14.0. The van der Waals surface area contributed by atoms with Crippen molar-refractivity contribution in [3.63, 3.8) is 0 Å². The van der Waals surface area contributed by atoms with Crippen LogP contribution in [0.4, 0.5) is 0 Å². The lowest BCUT2D eigenvalue weighted by Crippen LogP contribution is -2.42. The lowest BCUT2D eigenvalue weighted by atomic mass is 10.2. The van der Waals surface area contributed by atoms with Crippen molar-refractivity contribution >= 4 is 41.5 Å². The molecule has 0 aliphatic rings. The summed E-state index contributed by atoms with van der Waals surface area (Å²) in [5.74, 6) is 3.23. The van der Waals surface area contributed by atoms with Crippen molar-refractivity contribution in [3.05, 3.63) is 41.0 Å². The fourth-order valence-electron chi connectivity index (χ4n) is 2.30. The van der Waals surface area contributed by atoms with Crippen LogP contribution in [-0.4, -0.2) is 42.3 Å². The summed E-state index contributed by atoms with van der Waals surface area (Å²) in [6.45, 7) is 7.47. The van der Waals surface area contributed by atoms with Crippen molar-refractivity contribution in [2.75, 3.05) is 20.1 Å². The molecule has 28 heavy (non-hydrogen) atoms. The highest BCUT2D eigenvalue weighted by atomic mass is 127. The average Bonchev–Trinajstić information content (AvgIpc) is 3.12. The normalized spacial score (nSPS) is 12.4. The molecule has 1 atom stereocenters. The lowest BCUT2D eigenvalue weighted by Gasteiger charge is -2.17. The maximum Gasteiger partial charge on any atom is 0.226 e. The molecule has 0 saturated heterocycles. The first-order valence-corrected chi connectivity index (χ1v) is 9.55. The van der Waals surface area contributed by atoms with Gasteiger partial charge in [0.1, 0.15) is 11.9 Å². The molecule has 1 unspecified atom stereocenters. The minimum Gasteiger partial charge on any atom is -0.489 e. The van der Waals surface area contributed by atoms with Crippen molar-refractivity contribution < 1.29 is 9.26 Å². The van der Waals surface area contributed by atoms with Crippen LogP contribution in [0.2, 0.25) is 5.02 Å². The number of aliphatic imine (C=N–C) groups is 1. The summed E-state index contributed by atoms with van der Waals surface area (Å²) in [6.07, 6.45) is 1.59. The number of guanidine groups is 1. The Morgan fingerprint density at radius 2 is 1.93 bits per heavy atom. The van der Waals surface area contributed by atoms with E-state index in [9.17, 15) is 0 Å². The van der Waals surface area contributed by atoms with Crippen LogP contribution in [-0.2, 0) is 6.42 Å². The van der Waals surface area contributed by atoms with Crippen LogP contribution in [0.25, 0.3) is 0 Å². The number of aryl methyl sites for hydroxylation is 1. The van der Waals surface area contributed by atoms with E-state index in [0.717, 1.165) is 36.9 Å². The standard InChI is InChI=1S/C19H28ClN5O2.HI/c1-13(2)18-24-17(27-25-18)6-5-11-22-19(21-4)23-12-14(3)26-16-9-7-15(20)8-10-16;/h7-10,13-14H,5-6,11-12H2,1-4H3,(H2,21,22,23);1H. The van der Waals surface area contributed by atoms with Gasteiger partial charge in [-0.2, -0.15) is 4.98 Å². The molecule has 1 aromatic heterocycles. The maximum atomic E-state index is 5.88. The molecule has 0 fully saturated rings. The third-order valence-corrected chi connectivity index (χ3v) is 4.04. The van der Waals surface area contributed by atoms with Gasteiger partial charge in [0, 0.05) is 31.0 Å². The molecule has 9 heteroatoms. The van der Waals surface area contributed by atoms with Gasteiger partial charge in [0.15, 0.2) is 11.8 Å². The minimum absolute atomic E-state index is 0. The molecular formula is C19H29ClIN5O2. The second-order valence-electron chi connectivity index (χ2n) is 6.57. The summed E-state index contributed by atoms with van der Waals surface area (Å²) in [5.41, 5.74) is 0. The molecule has 0 bridgehead atoms. The van der Waals surface area contributed by atoms with E-state index < -0.39 is 0 Å². The predicted octanol–water partition coefficient (Wildman–Crippen LogP) is 4.03. The van der Waals surface area contributed by atoms with E-state index in [1.807, 2.05) is 45.0 Å². The van der Waals surface area contributed by atoms with Gasteiger partial charge in [-0.05, 0) is 37.6 Å². The van der Waals surface area contributed by atoms with Gasteiger partial charge in [-0.3, -0.25) is 4.99 Å². The molecule has 1 aromatic carbocycles. The van der Waals surface area contributed by atoms with E-state index in [2.05, 4.69) is 25.8 Å². The van der Waals surface area contributed by atoms with Gasteiger partial charge in [0.05, 0.1) is 6.54 Å². The summed E-state index contributed by atoms with van der Waals surface area (Å²) >= 11 is 5.88. The monoisotopic (exact) mass is 521 g/mol. The molecule has 0 aliphatic carbocycles. The third-order valence-electron chi connectivity index (χ3n) is 3.79. The topological polar surface area (TPSA) is 84.6 Å². The van der Waals surface area contributed by atoms with E-state index in [0.29, 0.717) is 17.5 Å². The minimum atomic E-state index is -0.0161. The molecular weight excluding hydrogens is 493 g/mol. The fraction of sp³-hybridized carbons (Fsp3) is 0.526. The SMILES string of the molecule is CN=C(NCCCc1nc(C(C)C)no1)NCC(C)Oc1ccc(Cl)cc1.I. The van der Waals surface area contributed by atoms with Crippen LogP contribution >= 0.6 is 35.6 Å². The summed E-state index contributed by atoms with van der Waals surface area (Å²) < 4.78 is 11.1. The Kier molecular flexibility index (Phi) is 11.2. The number of aromatic nitrogens is 2. The number of rotatable bonds is 9. The smallest absolute Gasteiger partial charge is 0.226 e. The second kappa shape index (κ2) is 12.8. The first kappa shape index (κ1) is 24.5. The van der Waals surface area contributed by atoms with Gasteiger partial charge in [0.25, 0.3) is 0 Å². The number of nitrogens with zero attached hydrogens (tertiary/aromatic N) is 3. The van der Waals surface area contributed by atoms with E-state index in [1.54, 1.807) is 7.05 Å². The Hall–Kier alpha value is -1.55. The largest absolute Gasteiger partial charge is 0.489 e. The van der Waals surface area contributed by atoms with Crippen LogP contribution in [0, 0.1) is 0 Å². The van der Waals surface area contributed by atoms with Gasteiger partial charge in [0.2, 0.25) is 5.89 Å². The summed E-state index contributed by atoms with van der Waals surface area (Å²) in [4.78, 5) is 8.60. The molecule has 2 N–H and O–H groups in total. The molecule has 0 saturated carbocycles. The van der Waals surface area contributed by atoms with Gasteiger partial charge in [-0.25, -0.2) is 0 Å². The summed E-state index contributed by atoms with van der Waals surface area (Å²) in [6, 6.07) is 7.33. The zero-order valence-electron chi connectivity index (χ0n) is 16.7. The van der Waals surface area contributed by atoms with Crippen LogP contribution in [0.5, 0.6) is 5.75 Å². The van der Waals surface area contributed by atoms with Crippen molar-refractivity contribution in [1.29, 1.82) is 0 Å². The van der Waals surface area contributed by atoms with E-state index in [4.69, 9.17) is 20.9 Å². The Balaban J connectivity index is 0.00000392. The molecule has 1 heterocycles. The number of ether oxygens (including phenoxy) is 1. The quantitative estimate of drug-likeness (QED) is 0.224. The highest BCUT2D eigenvalue weighted by Gasteiger charge is 2.09. The molecule has 0 spiro atoms. The van der Waals surface area contributed by atoms with Crippen LogP contribution in [0.1, 0.15) is 44.8 Å². The molecule has 156 valence electrons. The Labute approximate surface area is 188 Å². The Morgan fingerprint density at radius 3 is 2.54 bits per heavy atom. The third kappa shape index (κ3) is 8.64. The number of halogens is 2. The van der Waals surface area contributed by atoms with E-state index in [-0.39, 0.29) is 36.0 Å². The number of hydrogen-bond donors (Lipinski definition) is 2. The Morgan fingerprint density at radius 1 is 1.21 bits per heavy atom. The van der Waals surface area contributed by atoms with E-state index in [1.165, 1.54) is 0 Å². The zero-order chi connectivity index (χ0) is 19.6. The summed E-state index contributed by atoms with van der Waals surface area (Å²) in [7, 11) is 1.74. The van der Waals surface area contributed by atoms with Crippen LogP contribution < -0.4 is 15.4 Å². The van der Waals surface area contributed by atoms with Gasteiger partial charge in [-0.1, -0.05) is 30.6 Å². The first-order valence-electron chi connectivity index (χ1n) is 9.17. The lowest BCUT2D eigenvalue weighted by molar-refractivity contribution is 0.224. The molecule has 0 aliphatic heterocycles. The zero-order valence-corrected chi connectivity index (χ0v) is 19.8. The molecule has 2 aromatic rings. The van der Waals surface area contributed by atoms with Crippen LogP contribution in [0.3, 0.4) is 0 Å². The van der Waals surface area contributed by atoms with Gasteiger partial charge in [-0.15, -0.1) is 24.0 Å². The number of hydrogen-bond acceptors (Lipinski definition) is 5. The molecule has 0 amide bonds. The maximum absolute atomic E-state index is 5.88. The second-order valence-corrected chi connectivity index (χ2v) is 7.00. The fourth-order valence-corrected chi connectivity index (χ4v) is 2.42. The first-order chi connectivity index (χ1) is 13.0. The van der Waals surface area contributed by atoms with Gasteiger partial charge >= 0.3 is 0 Å². The van der Waals surface area contributed by atoms with Crippen molar-refractivity contribution in [2.45, 2.75) is 45.6 Å². The Bertz CT molecular complexity index is 721. The highest BCUT2D eigenvalue weighted by Crippen LogP contribution is 2.16. The summed E-state index contributed by atoms with van der Waals surface area (Å²) in [5, 5.41) is 11.2. The van der Waals surface area contributed by atoms with Crippen molar-refractivity contribution in [2.24, 2.45) is 4.99 Å². The number of benzene rings is 1. The predicted molar refractivity (Wildman–Crippen MR) is 123 cm³/mol.